The molecule has 0 bridgehead atoms. The second-order valence-corrected chi connectivity index (χ2v) is 9.09. The standard InChI is InChI=1S/C30H34N2O6/c1-3-18-37-24-10-6-22(7-11-24)27-26(28(33)23-8-12-25(13-9-23)38-19-4-2)29(34)30(35)32(27)15-5-14-31-16-20-36-21-17-31/h3-4,6-13,27,33H,1-2,5,14-21H2/b28-26+/t27-/m0/s1. The molecular weight excluding hydrogens is 484 g/mol. The van der Waals surface area contributed by atoms with Crippen molar-refractivity contribution in [2.24, 2.45) is 0 Å². The normalized spacial score (nSPS) is 19.4. The number of carbonyl (C=O) groups excluding carboxylic acids is 2. The van der Waals surface area contributed by atoms with E-state index in [-0.39, 0.29) is 11.3 Å². The molecule has 1 amide bonds. The largest absolute Gasteiger partial charge is 0.507 e. The highest BCUT2D eigenvalue weighted by Gasteiger charge is 2.45. The minimum atomic E-state index is -0.718. The molecule has 38 heavy (non-hydrogen) atoms. The lowest BCUT2D eigenvalue weighted by atomic mass is 9.95. The van der Waals surface area contributed by atoms with Crippen LogP contribution in [0, 0.1) is 0 Å². The van der Waals surface area contributed by atoms with Crippen LogP contribution in [0.25, 0.3) is 5.76 Å². The quantitative estimate of drug-likeness (QED) is 0.197. The van der Waals surface area contributed by atoms with Crippen LogP contribution >= 0.6 is 0 Å². The van der Waals surface area contributed by atoms with E-state index in [2.05, 4.69) is 18.1 Å². The molecule has 1 N–H and O–H groups in total. The van der Waals surface area contributed by atoms with E-state index >= 15 is 0 Å². The van der Waals surface area contributed by atoms with Gasteiger partial charge in [-0.2, -0.15) is 0 Å². The van der Waals surface area contributed by atoms with Crippen LogP contribution in [0.2, 0.25) is 0 Å². The second kappa shape index (κ2) is 13.1. The molecule has 2 aromatic rings. The van der Waals surface area contributed by atoms with Crippen molar-refractivity contribution in [3.63, 3.8) is 0 Å². The molecule has 1 atom stereocenters. The van der Waals surface area contributed by atoms with E-state index in [0.29, 0.717) is 62.0 Å². The molecule has 4 rings (SSSR count). The third kappa shape index (κ3) is 6.33. The number of aliphatic hydroxyl groups excluding tert-OH is 1. The first-order valence-electron chi connectivity index (χ1n) is 12.8. The van der Waals surface area contributed by atoms with E-state index in [1.54, 1.807) is 53.5 Å². The molecule has 0 saturated carbocycles. The number of ether oxygens (including phenoxy) is 3. The number of amides is 1. The molecule has 2 heterocycles. The van der Waals surface area contributed by atoms with Gasteiger partial charge in [-0.25, -0.2) is 0 Å². The van der Waals surface area contributed by atoms with Crippen molar-refractivity contribution in [1.82, 2.24) is 9.80 Å². The Morgan fingerprint density at radius 3 is 2.08 bits per heavy atom. The Morgan fingerprint density at radius 1 is 0.921 bits per heavy atom. The fraction of sp³-hybridized carbons (Fsp3) is 0.333. The molecule has 2 aromatic carbocycles. The monoisotopic (exact) mass is 518 g/mol. The molecule has 0 aliphatic carbocycles. The molecule has 2 saturated heterocycles. The van der Waals surface area contributed by atoms with E-state index in [9.17, 15) is 14.7 Å². The number of nitrogens with zero attached hydrogens (tertiary/aromatic N) is 2. The van der Waals surface area contributed by atoms with Gasteiger partial charge in [-0.15, -0.1) is 0 Å². The number of morpholine rings is 1. The van der Waals surface area contributed by atoms with Crippen LogP contribution in [0.4, 0.5) is 0 Å². The van der Waals surface area contributed by atoms with Crippen LogP contribution in [-0.2, 0) is 14.3 Å². The van der Waals surface area contributed by atoms with Crippen molar-refractivity contribution in [3.05, 3.63) is 90.5 Å². The molecule has 2 aliphatic rings. The minimum Gasteiger partial charge on any atom is -0.507 e. The lowest BCUT2D eigenvalue weighted by Gasteiger charge is -2.29. The van der Waals surface area contributed by atoms with Gasteiger partial charge in [-0.1, -0.05) is 37.4 Å². The molecule has 0 unspecified atom stereocenters. The highest BCUT2D eigenvalue weighted by molar-refractivity contribution is 6.46. The number of hydrogen-bond donors (Lipinski definition) is 1. The lowest BCUT2D eigenvalue weighted by molar-refractivity contribution is -0.140. The average molecular weight is 519 g/mol. The van der Waals surface area contributed by atoms with Crippen molar-refractivity contribution < 1.29 is 28.9 Å². The predicted octanol–water partition coefficient (Wildman–Crippen LogP) is 3.96. The second-order valence-electron chi connectivity index (χ2n) is 9.09. The number of ketones is 1. The van der Waals surface area contributed by atoms with Gasteiger partial charge in [-0.3, -0.25) is 14.5 Å². The smallest absolute Gasteiger partial charge is 0.295 e. The first kappa shape index (κ1) is 27.2. The Labute approximate surface area is 223 Å². The van der Waals surface area contributed by atoms with E-state index in [4.69, 9.17) is 14.2 Å². The number of aliphatic hydroxyl groups is 1. The zero-order chi connectivity index (χ0) is 26.9. The maximum atomic E-state index is 13.3. The number of benzene rings is 2. The summed E-state index contributed by atoms with van der Waals surface area (Å²) in [5.74, 6) is -0.273. The Morgan fingerprint density at radius 2 is 1.50 bits per heavy atom. The van der Waals surface area contributed by atoms with Crippen molar-refractivity contribution in [3.8, 4) is 11.5 Å². The molecule has 8 nitrogen and oxygen atoms in total. The lowest BCUT2D eigenvalue weighted by Crippen LogP contribution is -2.38. The summed E-state index contributed by atoms with van der Waals surface area (Å²) in [5, 5.41) is 11.3. The summed E-state index contributed by atoms with van der Waals surface area (Å²) < 4.78 is 16.5. The topological polar surface area (TPSA) is 88.5 Å². The molecule has 2 aliphatic heterocycles. The van der Waals surface area contributed by atoms with Gasteiger partial charge < -0.3 is 24.2 Å². The Kier molecular flexibility index (Phi) is 9.35. The fourth-order valence-corrected chi connectivity index (χ4v) is 4.67. The number of likely N-dealkylation sites (tertiary alicyclic amines) is 1. The summed E-state index contributed by atoms with van der Waals surface area (Å²) in [4.78, 5) is 30.4. The fourth-order valence-electron chi connectivity index (χ4n) is 4.67. The average Bonchev–Trinajstić information content (AvgIpc) is 3.21. The predicted molar refractivity (Wildman–Crippen MR) is 145 cm³/mol. The maximum absolute atomic E-state index is 13.3. The van der Waals surface area contributed by atoms with Crippen molar-refractivity contribution >= 4 is 17.4 Å². The maximum Gasteiger partial charge on any atom is 0.295 e. The van der Waals surface area contributed by atoms with Crippen LogP contribution in [0.1, 0.15) is 23.6 Å². The van der Waals surface area contributed by atoms with Gasteiger partial charge in [0.1, 0.15) is 30.5 Å². The van der Waals surface area contributed by atoms with Crippen molar-refractivity contribution in [1.29, 1.82) is 0 Å². The first-order valence-corrected chi connectivity index (χ1v) is 12.8. The minimum absolute atomic E-state index is 0.0703. The van der Waals surface area contributed by atoms with Gasteiger partial charge in [0.15, 0.2) is 0 Å². The SMILES string of the molecule is C=CCOc1ccc(/C(O)=C2\C(=O)C(=O)N(CCCN3CCOCC3)[C@H]2c2ccc(OCC=C)cc2)cc1. The summed E-state index contributed by atoms with van der Waals surface area (Å²) in [6.45, 7) is 12.3. The third-order valence-electron chi connectivity index (χ3n) is 6.58. The molecule has 0 spiro atoms. The van der Waals surface area contributed by atoms with Crippen LogP contribution in [0.5, 0.6) is 11.5 Å². The molecule has 0 radical (unpaired) electrons. The van der Waals surface area contributed by atoms with Crippen LogP contribution in [-0.4, -0.2) is 79.2 Å². The van der Waals surface area contributed by atoms with Gasteiger partial charge in [-0.05, 0) is 48.4 Å². The zero-order valence-corrected chi connectivity index (χ0v) is 21.5. The van der Waals surface area contributed by atoms with Crippen molar-refractivity contribution in [2.45, 2.75) is 12.5 Å². The summed E-state index contributed by atoms with van der Waals surface area (Å²) >= 11 is 0. The molecular formula is C30H34N2O6. The highest BCUT2D eigenvalue weighted by Crippen LogP contribution is 2.40. The Hall–Kier alpha value is -3.88. The summed E-state index contributed by atoms with van der Waals surface area (Å²) in [6, 6.07) is 13.3. The molecule has 2 fully saturated rings. The first-order chi connectivity index (χ1) is 18.5. The summed E-state index contributed by atoms with van der Waals surface area (Å²) in [6.07, 6.45) is 3.99. The number of carbonyl (C=O) groups is 2. The summed E-state index contributed by atoms with van der Waals surface area (Å²) in [7, 11) is 0. The molecule has 200 valence electrons. The third-order valence-corrected chi connectivity index (χ3v) is 6.58. The molecule has 0 aromatic heterocycles. The Bertz CT molecular complexity index is 1170. The number of Topliss-reactive ketones (excluding diaryl/α,β-unsaturated/α-hetero) is 1. The summed E-state index contributed by atoms with van der Waals surface area (Å²) in [5.41, 5.74) is 1.22. The van der Waals surface area contributed by atoms with E-state index in [0.717, 1.165) is 19.6 Å². The van der Waals surface area contributed by atoms with Crippen LogP contribution < -0.4 is 9.47 Å². The van der Waals surface area contributed by atoms with E-state index in [1.165, 1.54) is 0 Å². The molecule has 8 heteroatoms. The zero-order valence-electron chi connectivity index (χ0n) is 21.5. The van der Waals surface area contributed by atoms with Gasteiger partial charge in [0, 0.05) is 31.7 Å². The van der Waals surface area contributed by atoms with Gasteiger partial charge in [0.25, 0.3) is 11.7 Å². The highest BCUT2D eigenvalue weighted by atomic mass is 16.5. The van der Waals surface area contributed by atoms with Gasteiger partial charge in [0.2, 0.25) is 0 Å². The van der Waals surface area contributed by atoms with Crippen LogP contribution in [0.15, 0.2) is 79.4 Å². The van der Waals surface area contributed by atoms with Gasteiger partial charge in [0.05, 0.1) is 24.8 Å². The Balaban J connectivity index is 1.64. The number of hydrogen-bond acceptors (Lipinski definition) is 7. The number of rotatable bonds is 12. The van der Waals surface area contributed by atoms with E-state index < -0.39 is 17.7 Å². The van der Waals surface area contributed by atoms with Crippen molar-refractivity contribution in [2.75, 3.05) is 52.6 Å². The van der Waals surface area contributed by atoms with Crippen LogP contribution in [0.3, 0.4) is 0 Å². The van der Waals surface area contributed by atoms with Gasteiger partial charge >= 0.3 is 0 Å². The van der Waals surface area contributed by atoms with E-state index in [1.807, 2.05) is 12.1 Å².